The van der Waals surface area contributed by atoms with Crippen LogP contribution in [0.3, 0.4) is 0 Å². The molecule has 6 heteroatoms. The van der Waals surface area contributed by atoms with Gasteiger partial charge in [0.25, 0.3) is 5.91 Å². The van der Waals surface area contributed by atoms with Crippen LogP contribution < -0.4 is 9.64 Å². The van der Waals surface area contributed by atoms with Crippen molar-refractivity contribution in [2.24, 2.45) is 0 Å². The molecule has 6 nitrogen and oxygen atoms in total. The van der Waals surface area contributed by atoms with Gasteiger partial charge in [0.15, 0.2) is 11.6 Å². The summed E-state index contributed by atoms with van der Waals surface area (Å²) in [6, 6.07) is 5.62. The van der Waals surface area contributed by atoms with Crippen LogP contribution in [0.2, 0.25) is 0 Å². The Bertz CT molecular complexity index is 752. The molecular formula is C19H23N3O3. The molecule has 1 amide bonds. The van der Waals surface area contributed by atoms with Gasteiger partial charge in [-0.2, -0.15) is 0 Å². The van der Waals surface area contributed by atoms with Gasteiger partial charge in [-0.3, -0.25) is 4.79 Å². The van der Waals surface area contributed by atoms with Crippen LogP contribution in [0.25, 0.3) is 0 Å². The summed E-state index contributed by atoms with van der Waals surface area (Å²) in [7, 11) is 0. The molecule has 0 N–H and O–H groups in total. The van der Waals surface area contributed by atoms with Crippen LogP contribution in [0.15, 0.2) is 35.1 Å². The van der Waals surface area contributed by atoms with Gasteiger partial charge in [-0.15, -0.1) is 0 Å². The van der Waals surface area contributed by atoms with E-state index in [1.165, 1.54) is 12.8 Å². The van der Waals surface area contributed by atoms with Crippen LogP contribution in [0, 0.1) is 6.92 Å². The van der Waals surface area contributed by atoms with Gasteiger partial charge in [0.2, 0.25) is 0 Å². The summed E-state index contributed by atoms with van der Waals surface area (Å²) >= 11 is 0. The summed E-state index contributed by atoms with van der Waals surface area (Å²) in [5.41, 5.74) is 0.639. The number of pyridine rings is 1. The van der Waals surface area contributed by atoms with Crippen LogP contribution >= 0.6 is 0 Å². The normalized spacial score (nSPS) is 20.3. The number of hydrogen-bond acceptors (Lipinski definition) is 5. The zero-order valence-corrected chi connectivity index (χ0v) is 14.5. The Balaban J connectivity index is 1.43. The first-order chi connectivity index (χ1) is 12.2. The molecule has 132 valence electrons. The first-order valence-electron chi connectivity index (χ1n) is 8.92. The highest BCUT2D eigenvalue weighted by Gasteiger charge is 2.30. The van der Waals surface area contributed by atoms with Gasteiger partial charge in [-0.1, -0.05) is 0 Å². The number of ether oxygens (including phenoxy) is 1. The van der Waals surface area contributed by atoms with Crippen molar-refractivity contribution in [3.05, 3.63) is 42.0 Å². The molecule has 2 aromatic rings. The molecule has 2 aliphatic rings. The largest absolute Gasteiger partial charge is 0.485 e. The van der Waals surface area contributed by atoms with Gasteiger partial charge in [0.1, 0.15) is 11.9 Å². The van der Waals surface area contributed by atoms with E-state index in [1.54, 1.807) is 12.3 Å². The number of carbonyl (C=O) groups excluding carboxylic acids is 1. The van der Waals surface area contributed by atoms with Crippen LogP contribution in [-0.2, 0) is 0 Å². The van der Waals surface area contributed by atoms with Gasteiger partial charge in [-0.05, 0) is 38.0 Å². The zero-order chi connectivity index (χ0) is 17.2. The fourth-order valence-corrected chi connectivity index (χ4v) is 3.61. The van der Waals surface area contributed by atoms with Crippen LogP contribution in [0.1, 0.15) is 35.4 Å². The predicted octanol–water partition coefficient (Wildman–Crippen LogP) is 2.88. The molecule has 25 heavy (non-hydrogen) atoms. The highest BCUT2D eigenvalue weighted by Crippen LogP contribution is 2.30. The van der Waals surface area contributed by atoms with Crippen molar-refractivity contribution < 1.29 is 13.9 Å². The predicted molar refractivity (Wildman–Crippen MR) is 94.1 cm³/mol. The summed E-state index contributed by atoms with van der Waals surface area (Å²) in [6.07, 6.45) is 6.60. The van der Waals surface area contributed by atoms with E-state index >= 15 is 0 Å². The number of aromatic nitrogens is 1. The lowest BCUT2D eigenvalue weighted by Crippen LogP contribution is -2.31. The average Bonchev–Trinajstić information content (AvgIpc) is 3.36. The van der Waals surface area contributed by atoms with Crippen molar-refractivity contribution in [2.75, 3.05) is 31.1 Å². The van der Waals surface area contributed by atoms with E-state index in [0.717, 1.165) is 31.1 Å². The van der Waals surface area contributed by atoms with Crippen molar-refractivity contribution in [3.63, 3.8) is 0 Å². The SMILES string of the molecule is Cc1occc1C(=O)N1CC[C@H](Oc2cccnc2N2CCCC2)C1. The minimum atomic E-state index is 0.00158. The van der Waals surface area contributed by atoms with Crippen LogP contribution in [0.5, 0.6) is 5.75 Å². The Kier molecular flexibility index (Phi) is 4.34. The highest BCUT2D eigenvalue weighted by molar-refractivity contribution is 5.95. The van der Waals surface area contributed by atoms with Gasteiger partial charge in [-0.25, -0.2) is 4.98 Å². The number of carbonyl (C=O) groups is 1. The Morgan fingerprint density at radius 1 is 1.28 bits per heavy atom. The molecular weight excluding hydrogens is 318 g/mol. The maximum atomic E-state index is 12.6. The van der Waals surface area contributed by atoms with Gasteiger partial charge < -0.3 is 19.0 Å². The number of anilines is 1. The average molecular weight is 341 g/mol. The van der Waals surface area contributed by atoms with Gasteiger partial charge in [0.05, 0.1) is 18.4 Å². The van der Waals surface area contributed by atoms with E-state index in [0.29, 0.717) is 24.4 Å². The maximum absolute atomic E-state index is 12.6. The first-order valence-corrected chi connectivity index (χ1v) is 8.92. The highest BCUT2D eigenvalue weighted by atomic mass is 16.5. The second-order valence-electron chi connectivity index (χ2n) is 6.69. The molecule has 2 aliphatic heterocycles. The maximum Gasteiger partial charge on any atom is 0.257 e. The Labute approximate surface area is 147 Å². The van der Waals surface area contributed by atoms with E-state index in [2.05, 4.69) is 9.88 Å². The lowest BCUT2D eigenvalue weighted by atomic mass is 10.2. The molecule has 2 fully saturated rings. The molecule has 2 aromatic heterocycles. The molecule has 0 bridgehead atoms. The van der Waals surface area contributed by atoms with E-state index < -0.39 is 0 Å². The number of amides is 1. The quantitative estimate of drug-likeness (QED) is 0.856. The standard InChI is InChI=1S/C19H23N3O3/c1-14-16(7-12-24-14)19(23)22-11-6-15(13-22)25-17-5-4-8-20-18(17)21-9-2-3-10-21/h4-5,7-8,12,15H,2-3,6,9-11,13H2,1H3/t15-/m0/s1. The third-order valence-electron chi connectivity index (χ3n) is 4.97. The van der Waals surface area contributed by atoms with Crippen molar-refractivity contribution in [3.8, 4) is 5.75 Å². The lowest BCUT2D eigenvalue weighted by molar-refractivity contribution is 0.0770. The van der Waals surface area contributed by atoms with E-state index in [9.17, 15) is 4.79 Å². The van der Waals surface area contributed by atoms with Crippen molar-refractivity contribution in [1.29, 1.82) is 0 Å². The molecule has 1 atom stereocenters. The lowest BCUT2D eigenvalue weighted by Gasteiger charge is -2.22. The fraction of sp³-hybridized carbons (Fsp3) is 0.474. The molecule has 4 heterocycles. The number of hydrogen-bond donors (Lipinski definition) is 0. The third-order valence-corrected chi connectivity index (χ3v) is 4.97. The van der Waals surface area contributed by atoms with E-state index in [1.807, 2.05) is 30.2 Å². The summed E-state index contributed by atoms with van der Waals surface area (Å²) in [6.45, 7) is 5.17. The number of rotatable bonds is 4. The molecule has 0 radical (unpaired) electrons. The molecule has 4 rings (SSSR count). The molecule has 0 unspecified atom stereocenters. The topological polar surface area (TPSA) is 58.8 Å². The molecule has 0 aliphatic carbocycles. The summed E-state index contributed by atoms with van der Waals surface area (Å²) in [4.78, 5) is 21.2. The van der Waals surface area contributed by atoms with Crippen LogP contribution in [-0.4, -0.2) is 48.1 Å². The van der Waals surface area contributed by atoms with E-state index in [-0.39, 0.29) is 12.0 Å². The smallest absolute Gasteiger partial charge is 0.257 e. The number of furan rings is 1. The molecule has 2 saturated heterocycles. The summed E-state index contributed by atoms with van der Waals surface area (Å²) in [5, 5.41) is 0. The zero-order valence-electron chi connectivity index (χ0n) is 14.5. The monoisotopic (exact) mass is 341 g/mol. The minimum absolute atomic E-state index is 0.00158. The van der Waals surface area contributed by atoms with E-state index in [4.69, 9.17) is 9.15 Å². The molecule has 0 saturated carbocycles. The Hall–Kier alpha value is -2.50. The van der Waals surface area contributed by atoms with Crippen LogP contribution in [0.4, 0.5) is 5.82 Å². The minimum Gasteiger partial charge on any atom is -0.485 e. The number of aryl methyl sites for hydroxylation is 1. The number of likely N-dealkylation sites (tertiary alicyclic amines) is 1. The van der Waals surface area contributed by atoms with Gasteiger partial charge >= 0.3 is 0 Å². The molecule has 0 spiro atoms. The van der Waals surface area contributed by atoms with Gasteiger partial charge in [0, 0.05) is 32.3 Å². The van der Waals surface area contributed by atoms with Crippen molar-refractivity contribution in [2.45, 2.75) is 32.3 Å². The second kappa shape index (κ2) is 6.78. The number of nitrogens with zero attached hydrogens (tertiary/aromatic N) is 3. The second-order valence-corrected chi connectivity index (χ2v) is 6.69. The Morgan fingerprint density at radius 2 is 2.12 bits per heavy atom. The first kappa shape index (κ1) is 16.0. The van der Waals surface area contributed by atoms with Crippen molar-refractivity contribution in [1.82, 2.24) is 9.88 Å². The Morgan fingerprint density at radius 3 is 2.88 bits per heavy atom. The fourth-order valence-electron chi connectivity index (χ4n) is 3.61. The summed E-state index contributed by atoms with van der Waals surface area (Å²) in [5.74, 6) is 2.43. The summed E-state index contributed by atoms with van der Waals surface area (Å²) < 4.78 is 11.5. The molecule has 0 aromatic carbocycles. The third kappa shape index (κ3) is 3.21. The van der Waals surface area contributed by atoms with Crippen molar-refractivity contribution >= 4 is 11.7 Å².